The van der Waals surface area contributed by atoms with Gasteiger partial charge >= 0.3 is 5.69 Å². The van der Waals surface area contributed by atoms with E-state index in [1.807, 2.05) is 35.2 Å². The van der Waals surface area contributed by atoms with E-state index in [-0.39, 0.29) is 5.69 Å². The quantitative estimate of drug-likeness (QED) is 0.538. The fourth-order valence-corrected chi connectivity index (χ4v) is 4.39. The van der Waals surface area contributed by atoms with Gasteiger partial charge < -0.3 is 0 Å². The molecular formula is C18H23N5O4S. The second-order valence-corrected chi connectivity index (χ2v) is 8.51. The summed E-state index contributed by atoms with van der Waals surface area (Å²) in [4.78, 5) is 12.7. The summed E-state index contributed by atoms with van der Waals surface area (Å²) in [6, 6.07) is 9.28. The van der Waals surface area contributed by atoms with E-state index in [0.717, 1.165) is 5.56 Å². The van der Waals surface area contributed by atoms with Crippen LogP contribution in [0.1, 0.15) is 17.0 Å². The smallest absolute Gasteiger partial charge is 0.282 e. The van der Waals surface area contributed by atoms with Crippen molar-refractivity contribution in [2.45, 2.75) is 20.5 Å². The van der Waals surface area contributed by atoms with Gasteiger partial charge in [0, 0.05) is 31.6 Å². The minimum atomic E-state index is -3.49. The number of rotatable bonds is 6. The van der Waals surface area contributed by atoms with Crippen LogP contribution in [0.5, 0.6) is 0 Å². The van der Waals surface area contributed by atoms with Crippen molar-refractivity contribution >= 4 is 21.8 Å². The Morgan fingerprint density at radius 2 is 1.79 bits per heavy atom. The summed E-state index contributed by atoms with van der Waals surface area (Å²) in [7, 11) is -3.49. The van der Waals surface area contributed by atoms with Gasteiger partial charge in [0.15, 0.2) is 0 Å². The number of piperazine rings is 1. The molecule has 10 heteroatoms. The molecule has 0 spiro atoms. The molecule has 1 aliphatic rings. The fraction of sp³-hybridized carbons (Fsp3) is 0.389. The van der Waals surface area contributed by atoms with Crippen molar-refractivity contribution in [1.82, 2.24) is 19.0 Å². The summed E-state index contributed by atoms with van der Waals surface area (Å²) >= 11 is 0. The lowest BCUT2D eigenvalue weighted by atomic mass is 10.2. The SMILES string of the molecule is Cc1nn(CN2CCN(S(=O)(=O)/C=C/c3ccccc3)CC2)c(C)c1[N+](=O)[O-]. The Hall–Kier alpha value is -2.56. The molecule has 0 radical (unpaired) electrons. The number of benzene rings is 1. The van der Waals surface area contributed by atoms with Crippen LogP contribution in [0.15, 0.2) is 35.7 Å². The third-order valence-electron chi connectivity index (χ3n) is 4.78. The summed E-state index contributed by atoms with van der Waals surface area (Å²) in [5.41, 5.74) is 1.75. The first-order valence-corrected chi connectivity index (χ1v) is 10.4. The van der Waals surface area contributed by atoms with Gasteiger partial charge in [-0.15, -0.1) is 0 Å². The lowest BCUT2D eigenvalue weighted by molar-refractivity contribution is -0.386. The maximum absolute atomic E-state index is 12.5. The van der Waals surface area contributed by atoms with Crippen LogP contribution in [0, 0.1) is 24.0 Å². The summed E-state index contributed by atoms with van der Waals surface area (Å²) in [6.07, 6.45) is 1.59. The van der Waals surface area contributed by atoms with E-state index in [2.05, 4.69) is 5.10 Å². The van der Waals surface area contributed by atoms with Crippen molar-refractivity contribution in [2.24, 2.45) is 0 Å². The second kappa shape index (κ2) is 8.21. The number of hydrogen-bond acceptors (Lipinski definition) is 6. The molecule has 0 N–H and O–H groups in total. The topological polar surface area (TPSA) is 102 Å². The Balaban J connectivity index is 1.61. The molecule has 0 bridgehead atoms. The van der Waals surface area contributed by atoms with Gasteiger partial charge in [-0.05, 0) is 25.5 Å². The fourth-order valence-electron chi connectivity index (χ4n) is 3.22. The molecule has 1 aliphatic heterocycles. The normalized spacial score (nSPS) is 16.6. The standard InChI is InChI=1S/C18H23N5O4S/c1-15-18(23(24)25)16(2)22(19-15)14-20-9-11-21(12-10-20)28(26,27)13-8-17-6-4-3-5-7-17/h3-8,13H,9-12,14H2,1-2H3/b13-8+. The molecule has 0 atom stereocenters. The summed E-state index contributed by atoms with van der Waals surface area (Å²) in [5.74, 6) is 0. The van der Waals surface area contributed by atoms with Crippen LogP contribution in [0.25, 0.3) is 6.08 Å². The molecule has 1 aromatic heterocycles. The van der Waals surface area contributed by atoms with E-state index in [1.165, 1.54) is 9.71 Å². The molecule has 28 heavy (non-hydrogen) atoms. The van der Waals surface area contributed by atoms with Crippen molar-refractivity contribution in [3.63, 3.8) is 0 Å². The van der Waals surface area contributed by atoms with Crippen molar-refractivity contribution < 1.29 is 13.3 Å². The van der Waals surface area contributed by atoms with E-state index in [4.69, 9.17) is 0 Å². The Morgan fingerprint density at radius 1 is 1.14 bits per heavy atom. The van der Waals surface area contributed by atoms with Gasteiger partial charge in [0.1, 0.15) is 11.4 Å². The summed E-state index contributed by atoms with van der Waals surface area (Å²) < 4.78 is 28.1. The van der Waals surface area contributed by atoms with Crippen LogP contribution >= 0.6 is 0 Å². The molecule has 0 amide bonds. The second-order valence-electron chi connectivity index (χ2n) is 6.69. The molecule has 1 fully saturated rings. The van der Waals surface area contributed by atoms with Gasteiger partial charge in [-0.25, -0.2) is 13.1 Å². The minimum absolute atomic E-state index is 0.0345. The van der Waals surface area contributed by atoms with Gasteiger partial charge in [-0.3, -0.25) is 15.0 Å². The highest BCUT2D eigenvalue weighted by Crippen LogP contribution is 2.22. The lowest BCUT2D eigenvalue weighted by Crippen LogP contribution is -2.48. The van der Waals surface area contributed by atoms with Crippen LogP contribution in [-0.4, -0.2) is 58.5 Å². The van der Waals surface area contributed by atoms with E-state index in [0.29, 0.717) is 44.2 Å². The van der Waals surface area contributed by atoms with Gasteiger partial charge in [-0.1, -0.05) is 30.3 Å². The van der Waals surface area contributed by atoms with Gasteiger partial charge in [0.2, 0.25) is 10.0 Å². The third-order valence-corrected chi connectivity index (χ3v) is 6.35. The maximum atomic E-state index is 12.5. The first-order valence-electron chi connectivity index (χ1n) is 8.92. The van der Waals surface area contributed by atoms with Crippen LogP contribution < -0.4 is 0 Å². The zero-order valence-corrected chi connectivity index (χ0v) is 16.7. The Kier molecular flexibility index (Phi) is 5.92. The van der Waals surface area contributed by atoms with Crippen LogP contribution in [0.3, 0.4) is 0 Å². The first-order chi connectivity index (χ1) is 13.3. The van der Waals surface area contributed by atoms with Crippen molar-refractivity contribution in [1.29, 1.82) is 0 Å². The van der Waals surface area contributed by atoms with E-state index in [1.54, 1.807) is 24.6 Å². The Bertz CT molecular complexity index is 977. The monoisotopic (exact) mass is 405 g/mol. The zero-order valence-electron chi connectivity index (χ0n) is 15.9. The highest BCUT2D eigenvalue weighted by molar-refractivity contribution is 7.92. The van der Waals surface area contributed by atoms with E-state index in [9.17, 15) is 18.5 Å². The number of hydrogen-bond donors (Lipinski definition) is 0. The molecule has 1 saturated heterocycles. The zero-order chi connectivity index (χ0) is 20.3. The Labute approximate surface area is 164 Å². The predicted octanol–water partition coefficient (Wildman–Crippen LogP) is 1.98. The van der Waals surface area contributed by atoms with Gasteiger partial charge in [0.05, 0.1) is 11.6 Å². The van der Waals surface area contributed by atoms with E-state index < -0.39 is 14.9 Å². The molecule has 3 rings (SSSR count). The van der Waals surface area contributed by atoms with Crippen molar-refractivity contribution in [3.8, 4) is 0 Å². The molecule has 150 valence electrons. The highest BCUT2D eigenvalue weighted by atomic mass is 32.2. The summed E-state index contributed by atoms with van der Waals surface area (Å²) in [5, 5.41) is 16.6. The number of aryl methyl sites for hydroxylation is 1. The predicted molar refractivity (Wildman–Crippen MR) is 106 cm³/mol. The molecule has 0 unspecified atom stereocenters. The molecule has 2 aromatic rings. The molecule has 0 aliphatic carbocycles. The number of nitro groups is 1. The van der Waals surface area contributed by atoms with Gasteiger partial charge in [0.25, 0.3) is 0 Å². The lowest BCUT2D eigenvalue weighted by Gasteiger charge is -2.33. The van der Waals surface area contributed by atoms with E-state index >= 15 is 0 Å². The average molecular weight is 405 g/mol. The number of aromatic nitrogens is 2. The highest BCUT2D eigenvalue weighted by Gasteiger charge is 2.27. The molecule has 0 saturated carbocycles. The summed E-state index contributed by atoms with van der Waals surface area (Å²) in [6.45, 7) is 5.48. The van der Waals surface area contributed by atoms with Crippen LogP contribution in [0.2, 0.25) is 0 Å². The average Bonchev–Trinajstić information content (AvgIpc) is 2.95. The van der Waals surface area contributed by atoms with Crippen LogP contribution in [0.4, 0.5) is 5.69 Å². The van der Waals surface area contributed by atoms with Crippen molar-refractivity contribution in [3.05, 3.63) is 62.8 Å². The number of sulfonamides is 1. The van der Waals surface area contributed by atoms with Gasteiger partial charge in [-0.2, -0.15) is 9.40 Å². The maximum Gasteiger partial charge on any atom is 0.312 e. The van der Waals surface area contributed by atoms with Crippen molar-refractivity contribution in [2.75, 3.05) is 26.2 Å². The first kappa shape index (κ1) is 20.2. The molecule has 1 aromatic carbocycles. The molecule has 9 nitrogen and oxygen atoms in total. The third kappa shape index (κ3) is 4.46. The number of nitrogens with zero attached hydrogens (tertiary/aromatic N) is 5. The molecule has 2 heterocycles. The Morgan fingerprint density at radius 3 is 2.36 bits per heavy atom. The largest absolute Gasteiger partial charge is 0.312 e. The molecular weight excluding hydrogens is 382 g/mol. The van der Waals surface area contributed by atoms with Crippen LogP contribution in [-0.2, 0) is 16.7 Å². The minimum Gasteiger partial charge on any atom is -0.282 e.